The van der Waals surface area contributed by atoms with Gasteiger partial charge in [0.1, 0.15) is 5.01 Å². The molecule has 5 rings (SSSR count). The molecule has 5 aromatic rings. The van der Waals surface area contributed by atoms with E-state index in [1.165, 1.54) is 28.2 Å². The van der Waals surface area contributed by atoms with Crippen molar-refractivity contribution in [2.24, 2.45) is 0 Å². The van der Waals surface area contributed by atoms with Crippen molar-refractivity contribution in [2.45, 2.75) is 12.8 Å². The summed E-state index contributed by atoms with van der Waals surface area (Å²) < 4.78 is 0. The number of thiazole rings is 2. The topological polar surface area (TPSA) is 59.0 Å². The largest absolute Gasteiger partial charge is 0.287 e. The minimum atomic E-state index is -0.00655. The van der Waals surface area contributed by atoms with E-state index in [9.17, 15) is 4.79 Å². The zero-order valence-electron chi connectivity index (χ0n) is 18.4. The highest BCUT2D eigenvalue weighted by Gasteiger charge is 2.21. The number of amides is 1. The normalized spacial score (nSPS) is 10.8. The molecule has 3 aromatic heterocycles. The zero-order valence-corrected chi connectivity index (χ0v) is 20.0. The summed E-state index contributed by atoms with van der Waals surface area (Å²) in [5, 5.41) is 5.54. The molecule has 1 amide bonds. The molecule has 7 heteroatoms. The fourth-order valence-electron chi connectivity index (χ4n) is 3.60. The van der Waals surface area contributed by atoms with Gasteiger partial charge in [0, 0.05) is 40.8 Å². The van der Waals surface area contributed by atoms with Crippen LogP contribution in [-0.4, -0.2) is 27.4 Å². The number of aromatic nitrogens is 3. The Balaban J connectivity index is 1.37. The van der Waals surface area contributed by atoms with Gasteiger partial charge >= 0.3 is 0 Å². The van der Waals surface area contributed by atoms with E-state index < -0.39 is 0 Å². The van der Waals surface area contributed by atoms with Gasteiger partial charge in [-0.25, -0.2) is 9.97 Å². The number of carbonyl (C=O) groups excluding carboxylic acids is 1. The van der Waals surface area contributed by atoms with Crippen LogP contribution in [0.4, 0.5) is 5.13 Å². The first-order chi connectivity index (χ1) is 16.8. The Labute approximate surface area is 206 Å². The number of rotatable bonds is 8. The van der Waals surface area contributed by atoms with Crippen molar-refractivity contribution in [3.05, 3.63) is 107 Å². The van der Waals surface area contributed by atoms with Crippen LogP contribution in [0.1, 0.15) is 11.3 Å². The molecule has 0 bridgehead atoms. The predicted molar refractivity (Wildman–Crippen MR) is 139 cm³/mol. The second kappa shape index (κ2) is 10.5. The number of anilines is 1. The van der Waals surface area contributed by atoms with Crippen LogP contribution in [0, 0.1) is 0 Å². The van der Waals surface area contributed by atoms with Gasteiger partial charge in [0.15, 0.2) is 5.13 Å². The number of benzene rings is 2. The average molecular weight is 483 g/mol. The average Bonchev–Trinajstić information content (AvgIpc) is 3.56. The Bertz CT molecular complexity index is 1350. The maximum Gasteiger partial charge on any atom is 0.234 e. The van der Waals surface area contributed by atoms with Crippen molar-refractivity contribution in [1.82, 2.24) is 15.0 Å². The van der Waals surface area contributed by atoms with Crippen LogP contribution in [0.5, 0.6) is 0 Å². The molecule has 0 unspecified atom stereocenters. The first kappa shape index (κ1) is 22.1. The Hall–Kier alpha value is -3.68. The van der Waals surface area contributed by atoms with E-state index in [-0.39, 0.29) is 12.3 Å². The van der Waals surface area contributed by atoms with Crippen LogP contribution in [0.2, 0.25) is 0 Å². The standard InChI is InChI=1S/C27H22N4OS2/c32-25(16-23-18-33-26(29-23)22-12-7-14-28-17-22)31(15-13-20-8-3-1-4-9-20)27-30-24(19-34-27)21-10-5-2-6-11-21/h1-12,14,17-19H,13,15-16H2. The lowest BCUT2D eigenvalue weighted by Crippen LogP contribution is -2.34. The fourth-order valence-corrected chi connectivity index (χ4v) is 5.29. The summed E-state index contributed by atoms with van der Waals surface area (Å²) in [6, 6.07) is 24.1. The summed E-state index contributed by atoms with van der Waals surface area (Å²) in [4.78, 5) is 28.9. The molecule has 34 heavy (non-hydrogen) atoms. The molecule has 0 radical (unpaired) electrons. The maximum absolute atomic E-state index is 13.5. The molecule has 3 heterocycles. The number of hydrogen-bond acceptors (Lipinski definition) is 6. The minimum absolute atomic E-state index is 0.00655. The van der Waals surface area contributed by atoms with Gasteiger partial charge < -0.3 is 0 Å². The SMILES string of the molecule is O=C(Cc1csc(-c2cccnc2)n1)N(CCc1ccccc1)c1nc(-c2ccccc2)cs1. The summed E-state index contributed by atoms with van der Waals surface area (Å²) in [5.41, 5.74) is 4.83. The molecule has 5 nitrogen and oxygen atoms in total. The van der Waals surface area contributed by atoms with E-state index in [1.807, 2.05) is 71.4 Å². The zero-order chi connectivity index (χ0) is 23.2. The first-order valence-corrected chi connectivity index (χ1v) is 12.7. The third-order valence-electron chi connectivity index (χ3n) is 5.35. The third-order valence-corrected chi connectivity index (χ3v) is 7.16. The van der Waals surface area contributed by atoms with E-state index in [2.05, 4.69) is 22.1 Å². The Morgan fingerprint density at radius 1 is 0.824 bits per heavy atom. The molecule has 168 valence electrons. The highest BCUT2D eigenvalue weighted by atomic mass is 32.1. The Kier molecular flexibility index (Phi) is 6.84. The summed E-state index contributed by atoms with van der Waals surface area (Å²) in [5.74, 6) is -0.00655. The summed E-state index contributed by atoms with van der Waals surface area (Å²) in [6.07, 6.45) is 4.51. The second-order valence-electron chi connectivity index (χ2n) is 7.72. The van der Waals surface area contributed by atoms with Crippen LogP contribution in [-0.2, 0) is 17.6 Å². The molecule has 0 spiro atoms. The van der Waals surface area contributed by atoms with Crippen LogP contribution >= 0.6 is 22.7 Å². The monoisotopic (exact) mass is 482 g/mol. The number of hydrogen-bond donors (Lipinski definition) is 0. The van der Waals surface area contributed by atoms with Gasteiger partial charge in [0.05, 0.1) is 17.8 Å². The fraction of sp³-hybridized carbons (Fsp3) is 0.111. The van der Waals surface area contributed by atoms with E-state index in [4.69, 9.17) is 4.98 Å². The number of nitrogens with zero attached hydrogens (tertiary/aromatic N) is 4. The molecule has 0 saturated carbocycles. The molecule has 0 aliphatic rings. The van der Waals surface area contributed by atoms with E-state index in [0.717, 1.165) is 33.9 Å². The van der Waals surface area contributed by atoms with Crippen LogP contribution < -0.4 is 4.90 Å². The molecule has 2 aromatic carbocycles. The van der Waals surface area contributed by atoms with Gasteiger partial charge in [-0.3, -0.25) is 14.7 Å². The molecule has 0 atom stereocenters. The van der Waals surface area contributed by atoms with E-state index in [1.54, 1.807) is 17.3 Å². The van der Waals surface area contributed by atoms with Crippen molar-refractivity contribution in [2.75, 3.05) is 11.4 Å². The molecule has 0 aliphatic heterocycles. The van der Waals surface area contributed by atoms with Crippen LogP contribution in [0.15, 0.2) is 96.0 Å². The lowest BCUT2D eigenvalue weighted by molar-refractivity contribution is -0.118. The molecular weight excluding hydrogens is 460 g/mol. The number of pyridine rings is 1. The minimum Gasteiger partial charge on any atom is -0.287 e. The Morgan fingerprint density at radius 3 is 2.35 bits per heavy atom. The van der Waals surface area contributed by atoms with Crippen molar-refractivity contribution < 1.29 is 4.79 Å². The predicted octanol–water partition coefficient (Wildman–Crippen LogP) is 6.15. The maximum atomic E-state index is 13.5. The molecule has 0 fully saturated rings. The van der Waals surface area contributed by atoms with Gasteiger partial charge in [-0.2, -0.15) is 0 Å². The second-order valence-corrected chi connectivity index (χ2v) is 9.42. The highest BCUT2D eigenvalue weighted by molar-refractivity contribution is 7.14. The number of carbonyl (C=O) groups is 1. The van der Waals surface area contributed by atoms with Crippen LogP contribution in [0.3, 0.4) is 0 Å². The molecular formula is C27H22N4OS2. The summed E-state index contributed by atoms with van der Waals surface area (Å²) in [6.45, 7) is 0.560. The van der Waals surface area contributed by atoms with Gasteiger partial charge in [-0.05, 0) is 24.1 Å². The van der Waals surface area contributed by atoms with Crippen molar-refractivity contribution in [1.29, 1.82) is 0 Å². The first-order valence-electron chi connectivity index (χ1n) is 11.0. The molecule has 0 aliphatic carbocycles. The quantitative estimate of drug-likeness (QED) is 0.266. The molecule has 0 N–H and O–H groups in total. The summed E-state index contributed by atoms with van der Waals surface area (Å²) in [7, 11) is 0. The van der Waals surface area contributed by atoms with Gasteiger partial charge in [0.25, 0.3) is 0 Å². The lowest BCUT2D eigenvalue weighted by Gasteiger charge is -2.19. The van der Waals surface area contributed by atoms with Crippen molar-refractivity contribution in [3.8, 4) is 21.8 Å². The van der Waals surface area contributed by atoms with Gasteiger partial charge in [-0.15, -0.1) is 22.7 Å². The highest BCUT2D eigenvalue weighted by Crippen LogP contribution is 2.29. The summed E-state index contributed by atoms with van der Waals surface area (Å²) >= 11 is 3.03. The lowest BCUT2D eigenvalue weighted by atomic mass is 10.1. The van der Waals surface area contributed by atoms with Crippen molar-refractivity contribution >= 4 is 33.7 Å². The van der Waals surface area contributed by atoms with Gasteiger partial charge in [-0.1, -0.05) is 60.7 Å². The van der Waals surface area contributed by atoms with E-state index >= 15 is 0 Å². The van der Waals surface area contributed by atoms with Crippen molar-refractivity contribution in [3.63, 3.8) is 0 Å². The van der Waals surface area contributed by atoms with Crippen LogP contribution in [0.25, 0.3) is 21.8 Å². The molecule has 0 saturated heterocycles. The van der Waals surface area contributed by atoms with Gasteiger partial charge in [0.2, 0.25) is 5.91 Å². The smallest absolute Gasteiger partial charge is 0.234 e. The van der Waals surface area contributed by atoms with E-state index in [0.29, 0.717) is 11.7 Å². The Morgan fingerprint density at radius 2 is 1.59 bits per heavy atom. The third kappa shape index (κ3) is 5.27.